The van der Waals surface area contributed by atoms with E-state index >= 15 is 0 Å². The van der Waals surface area contributed by atoms with Crippen molar-refractivity contribution in [3.8, 4) is 11.4 Å². The molecule has 0 spiro atoms. The Hall–Kier alpha value is -3.21. The van der Waals surface area contributed by atoms with Crippen molar-refractivity contribution in [1.82, 2.24) is 14.9 Å². The molecule has 0 atom stereocenters. The minimum Gasteiger partial charge on any atom is -0.339 e. The van der Waals surface area contributed by atoms with Crippen LogP contribution in [0.1, 0.15) is 42.6 Å². The number of hydrogen-bond acceptors (Lipinski definition) is 4. The van der Waals surface area contributed by atoms with Crippen molar-refractivity contribution in [2.45, 2.75) is 33.6 Å². The summed E-state index contributed by atoms with van der Waals surface area (Å²) < 4.78 is 0. The summed E-state index contributed by atoms with van der Waals surface area (Å²) in [5.74, 6) is 1.21. The summed E-state index contributed by atoms with van der Waals surface area (Å²) in [4.78, 5) is 26.6. The first-order chi connectivity index (χ1) is 14.5. The average Bonchev–Trinajstić information content (AvgIpc) is 2.79. The Labute approximate surface area is 179 Å². The zero-order valence-corrected chi connectivity index (χ0v) is 18.3. The first kappa shape index (κ1) is 21.5. The number of amides is 1. The fraction of sp³-hybridized carbons (Fsp3) is 0.320. The van der Waals surface area contributed by atoms with Crippen LogP contribution in [-0.2, 0) is 0 Å². The summed E-state index contributed by atoms with van der Waals surface area (Å²) in [6, 6.07) is 18.1. The largest absolute Gasteiger partial charge is 0.339 e. The Morgan fingerprint density at radius 1 is 0.933 bits per heavy atom. The van der Waals surface area contributed by atoms with Gasteiger partial charge in [0.15, 0.2) is 5.82 Å². The lowest BCUT2D eigenvalue weighted by atomic mass is 10.1. The molecule has 0 saturated carbocycles. The zero-order valence-electron chi connectivity index (χ0n) is 18.3. The Balaban J connectivity index is 2.09. The monoisotopic (exact) mass is 402 g/mol. The highest BCUT2D eigenvalue weighted by atomic mass is 16.2. The third-order valence-electron chi connectivity index (χ3n) is 5.04. The number of hydrogen-bond donors (Lipinski definition) is 0. The second kappa shape index (κ2) is 10.0. The Kier molecular flexibility index (Phi) is 7.17. The van der Waals surface area contributed by atoms with Gasteiger partial charge in [0, 0.05) is 37.6 Å². The molecular weight excluding hydrogens is 372 g/mol. The summed E-state index contributed by atoms with van der Waals surface area (Å²) in [6.45, 7) is 7.68. The molecule has 0 bridgehead atoms. The summed E-state index contributed by atoms with van der Waals surface area (Å²) >= 11 is 0. The summed E-state index contributed by atoms with van der Waals surface area (Å²) in [6.07, 6.45) is 3.51. The minimum absolute atomic E-state index is 0.0210. The lowest BCUT2D eigenvalue weighted by Crippen LogP contribution is -2.34. The topological polar surface area (TPSA) is 49.3 Å². The predicted molar refractivity (Wildman–Crippen MR) is 123 cm³/mol. The van der Waals surface area contributed by atoms with Crippen LogP contribution in [0.4, 0.5) is 11.5 Å². The van der Waals surface area contributed by atoms with Crippen LogP contribution in [0.5, 0.6) is 0 Å². The van der Waals surface area contributed by atoms with Crippen LogP contribution in [0, 0.1) is 6.92 Å². The van der Waals surface area contributed by atoms with Crippen LogP contribution >= 0.6 is 0 Å². The quantitative estimate of drug-likeness (QED) is 0.500. The maximum absolute atomic E-state index is 13.4. The third kappa shape index (κ3) is 4.85. The van der Waals surface area contributed by atoms with Crippen molar-refractivity contribution >= 4 is 17.4 Å². The van der Waals surface area contributed by atoms with E-state index in [2.05, 4.69) is 37.9 Å². The smallest absolute Gasteiger partial charge is 0.259 e. The molecule has 0 saturated heterocycles. The van der Waals surface area contributed by atoms with Gasteiger partial charge in [-0.15, -0.1) is 0 Å². The van der Waals surface area contributed by atoms with E-state index < -0.39 is 0 Å². The SMILES string of the molecule is CCCN(CCC)C(=O)c1cnc(-c2ccccc2)nc1N(C)c1ccc(C)cc1. The number of carbonyl (C=O) groups excluding carboxylic acids is 1. The second-order valence-corrected chi connectivity index (χ2v) is 7.48. The van der Waals surface area contributed by atoms with Crippen LogP contribution in [0.3, 0.4) is 0 Å². The van der Waals surface area contributed by atoms with E-state index in [0.717, 1.165) is 37.2 Å². The van der Waals surface area contributed by atoms with E-state index in [4.69, 9.17) is 4.98 Å². The molecule has 0 fully saturated rings. The van der Waals surface area contributed by atoms with Gasteiger partial charge in [-0.05, 0) is 31.9 Å². The molecule has 1 aromatic heterocycles. The number of carbonyl (C=O) groups is 1. The van der Waals surface area contributed by atoms with Crippen LogP contribution in [0.15, 0.2) is 60.8 Å². The Morgan fingerprint density at radius 3 is 2.17 bits per heavy atom. The van der Waals surface area contributed by atoms with E-state index in [1.807, 2.05) is 59.3 Å². The number of benzene rings is 2. The molecule has 5 nitrogen and oxygen atoms in total. The van der Waals surface area contributed by atoms with Crippen molar-refractivity contribution in [2.24, 2.45) is 0 Å². The highest BCUT2D eigenvalue weighted by Gasteiger charge is 2.23. The molecule has 5 heteroatoms. The van der Waals surface area contributed by atoms with Crippen molar-refractivity contribution < 1.29 is 4.79 Å². The molecule has 1 heterocycles. The second-order valence-electron chi connectivity index (χ2n) is 7.48. The Morgan fingerprint density at radius 2 is 1.57 bits per heavy atom. The maximum atomic E-state index is 13.4. The average molecular weight is 403 g/mol. The maximum Gasteiger partial charge on any atom is 0.259 e. The van der Waals surface area contributed by atoms with Gasteiger partial charge in [-0.1, -0.05) is 61.9 Å². The van der Waals surface area contributed by atoms with E-state index in [9.17, 15) is 4.79 Å². The molecule has 3 aromatic rings. The fourth-order valence-electron chi connectivity index (χ4n) is 3.42. The minimum atomic E-state index is -0.0210. The molecule has 0 aliphatic carbocycles. The highest BCUT2D eigenvalue weighted by Crippen LogP contribution is 2.28. The fourth-order valence-corrected chi connectivity index (χ4v) is 3.42. The highest BCUT2D eigenvalue weighted by molar-refractivity contribution is 5.99. The first-order valence-corrected chi connectivity index (χ1v) is 10.6. The molecule has 0 N–H and O–H groups in total. The van der Waals surface area contributed by atoms with E-state index in [-0.39, 0.29) is 5.91 Å². The van der Waals surface area contributed by atoms with Gasteiger partial charge in [0.25, 0.3) is 5.91 Å². The van der Waals surface area contributed by atoms with E-state index in [1.165, 1.54) is 5.56 Å². The van der Waals surface area contributed by atoms with Crippen molar-refractivity contribution in [3.05, 3.63) is 71.9 Å². The van der Waals surface area contributed by atoms with Gasteiger partial charge in [0.2, 0.25) is 0 Å². The third-order valence-corrected chi connectivity index (χ3v) is 5.04. The lowest BCUT2D eigenvalue weighted by molar-refractivity contribution is 0.0755. The van der Waals surface area contributed by atoms with Crippen LogP contribution in [-0.4, -0.2) is 40.9 Å². The van der Waals surface area contributed by atoms with Gasteiger partial charge in [0.1, 0.15) is 11.4 Å². The van der Waals surface area contributed by atoms with Crippen LogP contribution in [0.2, 0.25) is 0 Å². The molecule has 3 rings (SSSR count). The molecule has 0 aliphatic heterocycles. The van der Waals surface area contributed by atoms with Gasteiger partial charge < -0.3 is 9.80 Å². The molecule has 0 radical (unpaired) electrons. The molecule has 0 aliphatic rings. The summed E-state index contributed by atoms with van der Waals surface area (Å²) in [5, 5.41) is 0. The van der Waals surface area contributed by atoms with Gasteiger partial charge in [-0.2, -0.15) is 0 Å². The van der Waals surface area contributed by atoms with Gasteiger partial charge in [-0.3, -0.25) is 4.79 Å². The number of rotatable bonds is 8. The normalized spacial score (nSPS) is 10.7. The molecular formula is C25H30N4O. The molecule has 156 valence electrons. The van der Waals surface area contributed by atoms with Crippen LogP contribution in [0.25, 0.3) is 11.4 Å². The van der Waals surface area contributed by atoms with Gasteiger partial charge >= 0.3 is 0 Å². The molecule has 0 unspecified atom stereocenters. The number of aryl methyl sites for hydroxylation is 1. The van der Waals surface area contributed by atoms with Crippen molar-refractivity contribution in [3.63, 3.8) is 0 Å². The van der Waals surface area contributed by atoms with Gasteiger partial charge in [-0.25, -0.2) is 9.97 Å². The lowest BCUT2D eigenvalue weighted by Gasteiger charge is -2.26. The van der Waals surface area contributed by atoms with E-state index in [1.54, 1.807) is 6.20 Å². The van der Waals surface area contributed by atoms with Crippen molar-refractivity contribution in [1.29, 1.82) is 0 Å². The van der Waals surface area contributed by atoms with Crippen LogP contribution < -0.4 is 4.90 Å². The number of aromatic nitrogens is 2. The first-order valence-electron chi connectivity index (χ1n) is 10.6. The molecule has 2 aromatic carbocycles. The van der Waals surface area contributed by atoms with Gasteiger partial charge in [0.05, 0.1) is 0 Å². The molecule has 1 amide bonds. The summed E-state index contributed by atoms with van der Waals surface area (Å²) in [5.41, 5.74) is 3.62. The van der Waals surface area contributed by atoms with Crippen molar-refractivity contribution in [2.75, 3.05) is 25.0 Å². The Bertz CT molecular complexity index is 964. The summed E-state index contributed by atoms with van der Waals surface area (Å²) in [7, 11) is 1.95. The van der Waals surface area contributed by atoms with E-state index in [0.29, 0.717) is 17.2 Å². The zero-order chi connectivity index (χ0) is 21.5. The number of nitrogens with zero attached hydrogens (tertiary/aromatic N) is 4. The number of anilines is 2. The standard InChI is InChI=1S/C25H30N4O/c1-5-16-29(17-6-2)25(30)22-18-26-23(20-10-8-7-9-11-20)27-24(22)28(4)21-14-12-19(3)13-15-21/h7-15,18H,5-6,16-17H2,1-4H3. The molecule has 30 heavy (non-hydrogen) atoms. The predicted octanol–water partition coefficient (Wildman–Crippen LogP) is 5.48.